The lowest BCUT2D eigenvalue weighted by atomic mass is 10.3. The Hall–Kier alpha value is -1.80. The van der Waals surface area contributed by atoms with Gasteiger partial charge in [-0.2, -0.15) is 4.80 Å². The standard InChI is InChI=1S/C10H13N5O2S/c1-7(6-16)11-9(17)5-15-13-10(12-14-15)8-3-2-4-18-8/h2-4,7,16H,5-6H2,1H3,(H,11,17)/t7-/m1/s1. The minimum atomic E-state index is -0.280. The lowest BCUT2D eigenvalue weighted by Crippen LogP contribution is -2.37. The van der Waals surface area contributed by atoms with E-state index in [-0.39, 0.29) is 25.1 Å². The molecule has 2 heterocycles. The Balaban J connectivity index is 1.97. The van der Waals surface area contributed by atoms with Crippen LogP contribution >= 0.6 is 11.3 Å². The van der Waals surface area contributed by atoms with Crippen LogP contribution < -0.4 is 5.32 Å². The molecule has 18 heavy (non-hydrogen) atoms. The quantitative estimate of drug-likeness (QED) is 0.789. The van der Waals surface area contributed by atoms with Gasteiger partial charge in [-0.05, 0) is 23.6 Å². The van der Waals surface area contributed by atoms with Crippen molar-refractivity contribution in [2.45, 2.75) is 19.5 Å². The highest BCUT2D eigenvalue weighted by Gasteiger charge is 2.11. The van der Waals surface area contributed by atoms with Crippen molar-refractivity contribution in [1.82, 2.24) is 25.5 Å². The second-order valence-corrected chi connectivity index (χ2v) is 4.72. The molecule has 0 radical (unpaired) electrons. The summed E-state index contributed by atoms with van der Waals surface area (Å²) in [5, 5.41) is 25.1. The van der Waals surface area contributed by atoms with Gasteiger partial charge in [0, 0.05) is 6.04 Å². The minimum absolute atomic E-state index is 0.0112. The molecule has 0 unspecified atom stereocenters. The normalized spacial score (nSPS) is 12.3. The molecule has 2 aromatic heterocycles. The number of nitrogens with one attached hydrogen (secondary N) is 1. The van der Waals surface area contributed by atoms with E-state index in [9.17, 15) is 4.79 Å². The fourth-order valence-corrected chi connectivity index (χ4v) is 1.96. The lowest BCUT2D eigenvalue weighted by molar-refractivity contribution is -0.122. The average molecular weight is 267 g/mol. The SMILES string of the molecule is C[C@H](CO)NC(=O)Cn1nnc(-c2cccs2)n1. The van der Waals surface area contributed by atoms with E-state index < -0.39 is 0 Å². The second kappa shape index (κ2) is 5.69. The van der Waals surface area contributed by atoms with Crippen LogP contribution in [0.25, 0.3) is 10.7 Å². The second-order valence-electron chi connectivity index (χ2n) is 3.77. The van der Waals surface area contributed by atoms with Crippen molar-refractivity contribution in [3.63, 3.8) is 0 Å². The van der Waals surface area contributed by atoms with Gasteiger partial charge >= 0.3 is 0 Å². The highest BCUT2D eigenvalue weighted by molar-refractivity contribution is 7.13. The van der Waals surface area contributed by atoms with Crippen LogP contribution in [-0.4, -0.2) is 43.9 Å². The summed E-state index contributed by atoms with van der Waals surface area (Å²) in [6.07, 6.45) is 0. The van der Waals surface area contributed by atoms with Crippen molar-refractivity contribution in [2.75, 3.05) is 6.61 Å². The number of amides is 1. The number of aliphatic hydroxyl groups is 1. The van der Waals surface area contributed by atoms with Gasteiger partial charge in [0.05, 0.1) is 11.5 Å². The van der Waals surface area contributed by atoms with Crippen molar-refractivity contribution in [3.05, 3.63) is 17.5 Å². The molecular weight excluding hydrogens is 254 g/mol. The van der Waals surface area contributed by atoms with E-state index in [0.717, 1.165) is 4.88 Å². The van der Waals surface area contributed by atoms with Gasteiger partial charge in [0.15, 0.2) is 0 Å². The summed E-state index contributed by atoms with van der Waals surface area (Å²) in [4.78, 5) is 13.7. The van der Waals surface area contributed by atoms with Crippen molar-refractivity contribution in [2.24, 2.45) is 0 Å². The van der Waals surface area contributed by atoms with Gasteiger partial charge in [-0.25, -0.2) is 0 Å². The molecule has 2 N–H and O–H groups in total. The topological polar surface area (TPSA) is 92.9 Å². The molecule has 0 aliphatic heterocycles. The maximum atomic E-state index is 11.5. The summed E-state index contributed by atoms with van der Waals surface area (Å²) in [6, 6.07) is 3.51. The average Bonchev–Trinajstić information content (AvgIpc) is 2.98. The largest absolute Gasteiger partial charge is 0.394 e. The Morgan fingerprint density at radius 3 is 3.17 bits per heavy atom. The number of thiophene rings is 1. The summed E-state index contributed by atoms with van der Waals surface area (Å²) in [5.74, 6) is 0.250. The fourth-order valence-electron chi connectivity index (χ4n) is 1.31. The van der Waals surface area contributed by atoms with E-state index in [0.29, 0.717) is 5.82 Å². The molecule has 1 amide bonds. The van der Waals surface area contributed by atoms with Crippen LogP contribution in [0.3, 0.4) is 0 Å². The molecule has 8 heteroatoms. The van der Waals surface area contributed by atoms with Crippen LogP contribution in [0.15, 0.2) is 17.5 Å². The highest BCUT2D eigenvalue weighted by Crippen LogP contribution is 2.19. The first-order chi connectivity index (χ1) is 8.69. The number of tetrazole rings is 1. The van der Waals surface area contributed by atoms with E-state index in [1.807, 2.05) is 17.5 Å². The molecule has 0 fully saturated rings. The Labute approximate surface area is 107 Å². The van der Waals surface area contributed by atoms with E-state index >= 15 is 0 Å². The number of aromatic nitrogens is 4. The molecule has 7 nitrogen and oxygen atoms in total. The zero-order valence-electron chi connectivity index (χ0n) is 9.78. The van der Waals surface area contributed by atoms with Gasteiger partial charge in [0.25, 0.3) is 0 Å². The van der Waals surface area contributed by atoms with Gasteiger partial charge in [-0.15, -0.1) is 21.5 Å². The first-order valence-corrected chi connectivity index (χ1v) is 6.29. The summed E-state index contributed by atoms with van der Waals surface area (Å²) in [7, 11) is 0. The zero-order chi connectivity index (χ0) is 13.0. The van der Waals surface area contributed by atoms with Crippen LogP contribution in [0, 0.1) is 0 Å². The molecule has 2 aromatic rings. The lowest BCUT2D eigenvalue weighted by Gasteiger charge is -2.09. The van der Waals surface area contributed by atoms with Crippen LogP contribution in [0.5, 0.6) is 0 Å². The molecule has 0 aliphatic carbocycles. The Kier molecular flexibility index (Phi) is 4.00. The predicted molar refractivity (Wildman–Crippen MR) is 65.8 cm³/mol. The summed E-state index contributed by atoms with van der Waals surface area (Å²) in [6.45, 7) is 1.60. The van der Waals surface area contributed by atoms with Crippen molar-refractivity contribution in [1.29, 1.82) is 0 Å². The minimum Gasteiger partial charge on any atom is -0.394 e. The van der Waals surface area contributed by atoms with Gasteiger partial charge in [-0.1, -0.05) is 6.07 Å². The molecule has 0 saturated carbocycles. The fraction of sp³-hybridized carbons (Fsp3) is 0.400. The molecule has 0 spiro atoms. The number of carbonyl (C=O) groups is 1. The Bertz CT molecular complexity index is 510. The monoisotopic (exact) mass is 267 g/mol. The molecule has 96 valence electrons. The van der Waals surface area contributed by atoms with E-state index in [1.165, 1.54) is 16.1 Å². The van der Waals surface area contributed by atoms with Crippen molar-refractivity contribution >= 4 is 17.2 Å². The third-order valence-corrected chi connectivity index (χ3v) is 3.03. The van der Waals surface area contributed by atoms with E-state index in [1.54, 1.807) is 6.92 Å². The maximum Gasteiger partial charge on any atom is 0.243 e. The van der Waals surface area contributed by atoms with Crippen LogP contribution in [0.4, 0.5) is 0 Å². The third-order valence-electron chi connectivity index (χ3n) is 2.16. The van der Waals surface area contributed by atoms with Crippen molar-refractivity contribution in [3.8, 4) is 10.7 Å². The molecule has 0 aromatic carbocycles. The van der Waals surface area contributed by atoms with Gasteiger partial charge in [0.2, 0.25) is 11.7 Å². The number of hydrogen-bond donors (Lipinski definition) is 2. The van der Waals surface area contributed by atoms with Crippen molar-refractivity contribution < 1.29 is 9.90 Å². The number of nitrogens with zero attached hydrogens (tertiary/aromatic N) is 4. The molecule has 2 rings (SSSR count). The number of hydrogen-bond acceptors (Lipinski definition) is 6. The molecule has 0 bridgehead atoms. The van der Waals surface area contributed by atoms with Crippen LogP contribution in [0.1, 0.15) is 6.92 Å². The number of rotatable bonds is 5. The van der Waals surface area contributed by atoms with Gasteiger partial charge in [-0.3, -0.25) is 4.79 Å². The summed E-state index contributed by atoms with van der Waals surface area (Å²) >= 11 is 1.51. The van der Waals surface area contributed by atoms with Crippen LogP contribution in [0.2, 0.25) is 0 Å². The number of carbonyl (C=O) groups excluding carboxylic acids is 1. The third kappa shape index (κ3) is 3.11. The first-order valence-electron chi connectivity index (χ1n) is 5.41. The van der Waals surface area contributed by atoms with Gasteiger partial charge in [0.1, 0.15) is 6.54 Å². The molecule has 0 saturated heterocycles. The summed E-state index contributed by atoms with van der Waals surface area (Å²) < 4.78 is 0. The zero-order valence-corrected chi connectivity index (χ0v) is 10.6. The predicted octanol–water partition coefficient (Wildman–Crippen LogP) is -0.101. The molecule has 0 aliphatic rings. The maximum absolute atomic E-state index is 11.5. The van der Waals surface area contributed by atoms with Gasteiger partial charge < -0.3 is 10.4 Å². The van der Waals surface area contributed by atoms with E-state index in [2.05, 4.69) is 20.7 Å². The molecular formula is C10H13N5O2S. The Morgan fingerprint density at radius 2 is 2.50 bits per heavy atom. The highest BCUT2D eigenvalue weighted by atomic mass is 32.1. The van der Waals surface area contributed by atoms with Crippen LogP contribution in [-0.2, 0) is 11.3 Å². The first kappa shape index (κ1) is 12.7. The number of aliphatic hydroxyl groups excluding tert-OH is 1. The smallest absolute Gasteiger partial charge is 0.243 e. The van der Waals surface area contributed by atoms with E-state index in [4.69, 9.17) is 5.11 Å². The summed E-state index contributed by atoms with van der Waals surface area (Å²) in [5.41, 5.74) is 0. The Morgan fingerprint density at radius 1 is 1.67 bits per heavy atom. The molecule has 1 atom stereocenters.